The van der Waals surface area contributed by atoms with Crippen molar-refractivity contribution in [1.29, 1.82) is 0 Å². The van der Waals surface area contributed by atoms with E-state index in [-0.39, 0.29) is 6.42 Å². The molecule has 0 fully saturated rings. The Hall–Kier alpha value is -1.81. The second-order valence-corrected chi connectivity index (χ2v) is 3.65. The van der Waals surface area contributed by atoms with Gasteiger partial charge in [-0.25, -0.2) is 4.98 Å². The van der Waals surface area contributed by atoms with Crippen LogP contribution in [0, 0.1) is 0 Å². The summed E-state index contributed by atoms with van der Waals surface area (Å²) in [6, 6.07) is 7.02. The lowest BCUT2D eigenvalue weighted by molar-refractivity contribution is -0.136. The number of hydrogen-bond acceptors (Lipinski definition) is 3. The fourth-order valence-electron chi connectivity index (χ4n) is 1.29. The van der Waals surface area contributed by atoms with Crippen LogP contribution in [0.5, 0.6) is 0 Å². The Bertz CT molecular complexity index is 521. The molecule has 1 aromatic heterocycles. The van der Waals surface area contributed by atoms with Crippen LogP contribution >= 0.6 is 11.6 Å². The van der Waals surface area contributed by atoms with E-state index in [0.717, 1.165) is 5.56 Å². The second-order valence-electron chi connectivity index (χ2n) is 3.21. The van der Waals surface area contributed by atoms with Gasteiger partial charge < -0.3 is 9.52 Å². The number of oxazole rings is 1. The van der Waals surface area contributed by atoms with Gasteiger partial charge in [0.1, 0.15) is 12.2 Å². The summed E-state index contributed by atoms with van der Waals surface area (Å²) >= 11 is 5.82. The number of carboxylic acid groups (broad SMARTS) is 1. The first-order chi connectivity index (χ1) is 7.65. The number of aliphatic carboxylic acids is 1. The third-order valence-electron chi connectivity index (χ3n) is 1.95. The molecule has 4 nitrogen and oxygen atoms in total. The number of rotatable bonds is 3. The summed E-state index contributed by atoms with van der Waals surface area (Å²) in [5.74, 6) is -0.255. The molecule has 0 atom stereocenters. The van der Waals surface area contributed by atoms with Crippen LogP contribution in [0.25, 0.3) is 11.5 Å². The summed E-state index contributed by atoms with van der Waals surface area (Å²) in [7, 11) is 0. The fourth-order valence-corrected chi connectivity index (χ4v) is 1.48. The molecule has 0 aliphatic rings. The van der Waals surface area contributed by atoms with Gasteiger partial charge >= 0.3 is 5.97 Å². The number of carboxylic acids is 1. The van der Waals surface area contributed by atoms with Crippen molar-refractivity contribution in [2.24, 2.45) is 0 Å². The smallest absolute Gasteiger partial charge is 0.311 e. The minimum atomic E-state index is -0.950. The summed E-state index contributed by atoms with van der Waals surface area (Å²) in [6.07, 6.45) is 1.23. The predicted molar refractivity (Wildman–Crippen MR) is 58.3 cm³/mol. The van der Waals surface area contributed by atoms with Crippen LogP contribution in [-0.4, -0.2) is 16.1 Å². The van der Waals surface area contributed by atoms with Crippen molar-refractivity contribution in [2.45, 2.75) is 6.42 Å². The first-order valence-electron chi connectivity index (χ1n) is 4.57. The molecule has 0 bridgehead atoms. The van der Waals surface area contributed by atoms with Gasteiger partial charge in [0.25, 0.3) is 0 Å². The lowest BCUT2D eigenvalue weighted by atomic mass is 10.2. The molecular weight excluding hydrogens is 230 g/mol. The highest BCUT2D eigenvalue weighted by Gasteiger charge is 2.09. The van der Waals surface area contributed by atoms with Crippen molar-refractivity contribution >= 4 is 17.6 Å². The summed E-state index contributed by atoms with van der Waals surface area (Å²) in [6.45, 7) is 0. The second kappa shape index (κ2) is 4.37. The van der Waals surface area contributed by atoms with Crippen LogP contribution in [0.1, 0.15) is 5.76 Å². The highest BCUT2D eigenvalue weighted by Crippen LogP contribution is 2.22. The highest BCUT2D eigenvalue weighted by atomic mass is 35.5. The molecule has 1 heterocycles. The third kappa shape index (κ3) is 2.41. The average molecular weight is 238 g/mol. The Labute approximate surface area is 96.5 Å². The first kappa shape index (κ1) is 10.7. The van der Waals surface area contributed by atoms with Gasteiger partial charge in [-0.05, 0) is 18.2 Å². The SMILES string of the molecule is O=C(O)Cc1cnc(-c2cccc(Cl)c2)o1. The first-order valence-corrected chi connectivity index (χ1v) is 4.95. The molecule has 0 unspecified atom stereocenters. The zero-order valence-corrected chi connectivity index (χ0v) is 8.94. The van der Waals surface area contributed by atoms with Crippen LogP contribution in [0.2, 0.25) is 5.02 Å². The van der Waals surface area contributed by atoms with E-state index in [1.54, 1.807) is 24.3 Å². The molecule has 2 aromatic rings. The molecule has 82 valence electrons. The summed E-state index contributed by atoms with van der Waals surface area (Å²) in [5.41, 5.74) is 0.726. The maximum absolute atomic E-state index is 10.5. The van der Waals surface area contributed by atoms with Crippen LogP contribution in [0.3, 0.4) is 0 Å². The molecule has 1 N–H and O–H groups in total. The molecule has 0 aliphatic carbocycles. The lowest BCUT2D eigenvalue weighted by Gasteiger charge is -1.95. The van der Waals surface area contributed by atoms with E-state index in [4.69, 9.17) is 21.1 Å². The van der Waals surface area contributed by atoms with Gasteiger partial charge in [0.2, 0.25) is 5.89 Å². The predicted octanol–water partition coefficient (Wildman–Crippen LogP) is 2.62. The van der Waals surface area contributed by atoms with Crippen molar-refractivity contribution in [1.82, 2.24) is 4.98 Å². The average Bonchev–Trinajstić information content (AvgIpc) is 2.65. The molecule has 16 heavy (non-hydrogen) atoms. The summed E-state index contributed by atoms with van der Waals surface area (Å²) in [5, 5.41) is 9.16. The van der Waals surface area contributed by atoms with Gasteiger partial charge in [-0.3, -0.25) is 4.79 Å². The van der Waals surface area contributed by atoms with E-state index < -0.39 is 5.97 Å². The van der Waals surface area contributed by atoms with Crippen molar-refractivity contribution in [3.8, 4) is 11.5 Å². The van der Waals surface area contributed by atoms with Crippen molar-refractivity contribution in [3.63, 3.8) is 0 Å². The minimum absolute atomic E-state index is 0.173. The van der Waals surface area contributed by atoms with E-state index in [1.165, 1.54) is 6.20 Å². The van der Waals surface area contributed by atoms with Gasteiger partial charge in [-0.15, -0.1) is 0 Å². The van der Waals surface area contributed by atoms with Gasteiger partial charge in [-0.1, -0.05) is 17.7 Å². The Morgan fingerprint density at radius 2 is 2.31 bits per heavy atom. The Morgan fingerprint density at radius 3 is 3.00 bits per heavy atom. The van der Waals surface area contributed by atoms with Gasteiger partial charge in [0, 0.05) is 10.6 Å². The van der Waals surface area contributed by atoms with Crippen molar-refractivity contribution < 1.29 is 14.3 Å². The quantitative estimate of drug-likeness (QED) is 0.891. The number of benzene rings is 1. The number of aromatic nitrogens is 1. The molecule has 0 amide bonds. The molecule has 5 heteroatoms. The van der Waals surface area contributed by atoms with Crippen LogP contribution < -0.4 is 0 Å². The minimum Gasteiger partial charge on any atom is -0.481 e. The third-order valence-corrected chi connectivity index (χ3v) is 2.19. The molecule has 0 spiro atoms. The monoisotopic (exact) mass is 237 g/mol. The zero-order valence-electron chi connectivity index (χ0n) is 8.18. The number of halogens is 1. The Balaban J connectivity index is 2.28. The van der Waals surface area contributed by atoms with Gasteiger partial charge in [0.05, 0.1) is 6.20 Å². The molecule has 2 rings (SSSR count). The van der Waals surface area contributed by atoms with Crippen molar-refractivity contribution in [2.75, 3.05) is 0 Å². The number of nitrogens with zero attached hydrogens (tertiary/aromatic N) is 1. The number of hydrogen-bond donors (Lipinski definition) is 1. The molecule has 1 aromatic carbocycles. The molecule has 0 saturated heterocycles. The van der Waals surface area contributed by atoms with Gasteiger partial charge in [0.15, 0.2) is 0 Å². The highest BCUT2D eigenvalue weighted by molar-refractivity contribution is 6.30. The standard InChI is InChI=1S/C11H8ClNO3/c12-8-3-1-2-7(4-8)11-13-6-9(16-11)5-10(14)15/h1-4,6H,5H2,(H,14,15). The summed E-state index contributed by atoms with van der Waals surface area (Å²) in [4.78, 5) is 14.5. The number of carbonyl (C=O) groups is 1. The maximum Gasteiger partial charge on any atom is 0.311 e. The van der Waals surface area contributed by atoms with Gasteiger partial charge in [-0.2, -0.15) is 0 Å². The van der Waals surface area contributed by atoms with Crippen LogP contribution in [-0.2, 0) is 11.2 Å². The molecular formula is C11H8ClNO3. The van der Waals surface area contributed by atoms with Crippen LogP contribution in [0.4, 0.5) is 0 Å². The molecule has 0 aliphatic heterocycles. The largest absolute Gasteiger partial charge is 0.481 e. The van der Waals surface area contributed by atoms with E-state index in [1.807, 2.05) is 0 Å². The summed E-state index contributed by atoms with van der Waals surface area (Å²) < 4.78 is 5.28. The van der Waals surface area contributed by atoms with E-state index in [2.05, 4.69) is 4.98 Å². The zero-order chi connectivity index (χ0) is 11.5. The Kier molecular flexibility index (Phi) is 2.92. The van der Waals surface area contributed by atoms with E-state index in [0.29, 0.717) is 16.7 Å². The topological polar surface area (TPSA) is 63.3 Å². The Morgan fingerprint density at radius 1 is 1.50 bits per heavy atom. The van der Waals surface area contributed by atoms with E-state index in [9.17, 15) is 4.79 Å². The normalized spacial score (nSPS) is 10.3. The molecule has 0 radical (unpaired) electrons. The lowest BCUT2D eigenvalue weighted by Crippen LogP contribution is -1.97. The van der Waals surface area contributed by atoms with E-state index >= 15 is 0 Å². The van der Waals surface area contributed by atoms with Crippen LogP contribution in [0.15, 0.2) is 34.9 Å². The fraction of sp³-hybridized carbons (Fsp3) is 0.0909. The van der Waals surface area contributed by atoms with Crippen molar-refractivity contribution in [3.05, 3.63) is 41.2 Å². The molecule has 0 saturated carbocycles. The maximum atomic E-state index is 10.5.